The summed E-state index contributed by atoms with van der Waals surface area (Å²) in [5, 5.41) is 0. The average Bonchev–Trinajstić information content (AvgIpc) is 2.41. The van der Waals surface area contributed by atoms with Crippen molar-refractivity contribution in [2.24, 2.45) is 0 Å². The van der Waals surface area contributed by atoms with Crippen LogP contribution < -0.4 is 0 Å². The molecule has 0 amide bonds. The highest BCUT2D eigenvalue weighted by atomic mass is 35.6. The zero-order valence-corrected chi connectivity index (χ0v) is 16.0. The lowest BCUT2D eigenvalue weighted by Crippen LogP contribution is -2.48. The first kappa shape index (κ1) is 18.2. The van der Waals surface area contributed by atoms with Crippen LogP contribution in [0.4, 0.5) is 0 Å². The van der Waals surface area contributed by atoms with E-state index in [1.165, 1.54) is 0 Å². The van der Waals surface area contributed by atoms with E-state index in [9.17, 15) is 0 Å². The van der Waals surface area contributed by atoms with Crippen molar-refractivity contribution in [1.29, 1.82) is 0 Å². The van der Waals surface area contributed by atoms with Gasteiger partial charge in [0.2, 0.25) is 0 Å². The van der Waals surface area contributed by atoms with Crippen molar-refractivity contribution in [2.45, 2.75) is 22.2 Å². The molecule has 20 heavy (non-hydrogen) atoms. The molecule has 1 fully saturated rings. The number of halogens is 9. The van der Waals surface area contributed by atoms with Crippen LogP contribution in [0.2, 0.25) is 0 Å². The molecule has 0 saturated heterocycles. The molecule has 1 aliphatic carbocycles. The van der Waals surface area contributed by atoms with Crippen LogP contribution in [-0.2, 0) is 4.87 Å². The van der Waals surface area contributed by atoms with Crippen molar-refractivity contribution in [3.8, 4) is 0 Å². The number of alkyl halides is 9. The van der Waals surface area contributed by atoms with E-state index in [1.807, 2.05) is 0 Å². The summed E-state index contributed by atoms with van der Waals surface area (Å²) in [5.74, 6) is 0. The fourth-order valence-corrected chi connectivity index (χ4v) is 5.82. The largest absolute Gasteiger partial charge is 0.188 e. The fraction of sp³-hybridized carbons (Fsp3) is 0.455. The second-order valence-corrected chi connectivity index (χ2v) is 10.1. The molecular weight excluding hydrogens is 451 g/mol. The molecule has 1 saturated carbocycles. The van der Waals surface area contributed by atoms with Crippen LogP contribution in [0.3, 0.4) is 0 Å². The summed E-state index contributed by atoms with van der Waals surface area (Å²) in [5.41, 5.74) is 0.255. The Morgan fingerprint density at radius 3 is 1.45 bits per heavy atom. The molecule has 0 bridgehead atoms. The summed E-state index contributed by atoms with van der Waals surface area (Å²) in [4.78, 5) is -1.90. The van der Waals surface area contributed by atoms with E-state index >= 15 is 0 Å². The van der Waals surface area contributed by atoms with E-state index in [1.54, 1.807) is 24.3 Å². The van der Waals surface area contributed by atoms with Crippen molar-refractivity contribution in [3.05, 3.63) is 35.9 Å². The van der Waals surface area contributed by atoms with Crippen LogP contribution in [0.5, 0.6) is 0 Å². The van der Waals surface area contributed by atoms with Crippen LogP contribution in [0.1, 0.15) is 5.56 Å². The molecule has 2 rings (SSSR count). The van der Waals surface area contributed by atoms with Gasteiger partial charge in [-0.15, -0.1) is 11.6 Å². The van der Waals surface area contributed by atoms with Gasteiger partial charge in [-0.2, -0.15) is 0 Å². The van der Waals surface area contributed by atoms with Crippen LogP contribution in [-0.4, -0.2) is 17.3 Å². The molecule has 0 aromatic heterocycles. The lowest BCUT2D eigenvalue weighted by molar-refractivity contribution is 0.569. The maximum atomic E-state index is 6.55. The predicted octanol–water partition coefficient (Wildman–Crippen LogP) is 6.63. The van der Waals surface area contributed by atoms with E-state index in [0.29, 0.717) is 0 Å². The quantitative estimate of drug-likeness (QED) is 0.417. The molecule has 0 atom stereocenters. The average molecular weight is 455 g/mol. The van der Waals surface area contributed by atoms with E-state index in [0.717, 1.165) is 0 Å². The van der Waals surface area contributed by atoms with Gasteiger partial charge >= 0.3 is 0 Å². The molecule has 0 N–H and O–H groups in total. The van der Waals surface area contributed by atoms with Gasteiger partial charge in [-0.3, -0.25) is 0 Å². The van der Waals surface area contributed by atoms with E-state index in [-0.39, 0.29) is 5.56 Å². The first-order chi connectivity index (χ1) is 8.86. The minimum absolute atomic E-state index is 0.255. The molecule has 111 valence electrons. The molecule has 0 unspecified atom stereocenters. The molecule has 0 nitrogen and oxygen atoms in total. The Morgan fingerprint density at radius 1 is 0.650 bits per heavy atom. The third kappa shape index (κ3) is 1.90. The van der Waals surface area contributed by atoms with Gasteiger partial charge in [0.1, 0.15) is 4.87 Å². The van der Waals surface area contributed by atoms with Gasteiger partial charge in [-0.05, 0) is 11.6 Å². The Balaban J connectivity index is 2.82. The second-order valence-electron chi connectivity index (χ2n) is 4.23. The predicted molar refractivity (Wildman–Crippen MR) is 90.6 cm³/mol. The number of hydrogen-bond donors (Lipinski definition) is 0. The molecular formula is C11H4Cl9. The third-order valence-corrected chi connectivity index (χ3v) is 9.98. The minimum Gasteiger partial charge on any atom is -0.107 e. The summed E-state index contributed by atoms with van der Waals surface area (Å²) in [7, 11) is 0. The molecule has 1 aliphatic rings. The second kappa shape index (κ2) is 5.16. The highest BCUT2D eigenvalue weighted by molar-refractivity contribution is 6.79. The maximum Gasteiger partial charge on any atom is 0.188 e. The highest BCUT2D eigenvalue weighted by Gasteiger charge is 2.88. The van der Waals surface area contributed by atoms with Crippen LogP contribution in [0.15, 0.2) is 24.3 Å². The first-order valence-corrected chi connectivity index (χ1v) is 8.43. The Labute approximate surface area is 161 Å². The molecule has 1 aromatic carbocycles. The zero-order valence-electron chi connectivity index (χ0n) is 9.21. The number of benzene rings is 1. The Kier molecular flexibility index (Phi) is 4.69. The van der Waals surface area contributed by atoms with Gasteiger partial charge in [0.05, 0.1) is 0 Å². The van der Waals surface area contributed by atoms with Gasteiger partial charge in [0.15, 0.2) is 17.3 Å². The first-order valence-electron chi connectivity index (χ1n) is 5.03. The van der Waals surface area contributed by atoms with Crippen LogP contribution in [0, 0.1) is 6.07 Å². The molecule has 1 aromatic rings. The van der Waals surface area contributed by atoms with Crippen molar-refractivity contribution < 1.29 is 0 Å². The third-order valence-electron chi connectivity index (χ3n) is 3.13. The molecule has 0 aliphatic heterocycles. The van der Waals surface area contributed by atoms with Crippen molar-refractivity contribution >= 4 is 104 Å². The summed E-state index contributed by atoms with van der Waals surface area (Å²) >= 11 is 56.2. The molecule has 1 radical (unpaired) electrons. The number of rotatable bonds is 1. The lowest BCUT2D eigenvalue weighted by atomic mass is 9.95. The van der Waals surface area contributed by atoms with E-state index in [2.05, 4.69) is 6.07 Å². The lowest BCUT2D eigenvalue weighted by Gasteiger charge is -2.39. The SMILES string of the molecule is ClC1(Cl)C(Cl)(Cl)C(Cl)(Cl)C(Cl)(c2[c]cccc2)C1(Cl)Cl. The monoisotopic (exact) mass is 451 g/mol. The van der Waals surface area contributed by atoms with Crippen molar-refractivity contribution in [2.75, 3.05) is 0 Å². The van der Waals surface area contributed by atoms with Crippen molar-refractivity contribution in [1.82, 2.24) is 0 Å². The van der Waals surface area contributed by atoms with Crippen LogP contribution >= 0.6 is 104 Å². The summed E-state index contributed by atoms with van der Waals surface area (Å²) in [6.45, 7) is 0. The van der Waals surface area contributed by atoms with Gasteiger partial charge in [-0.25, -0.2) is 0 Å². The molecule has 0 heterocycles. The van der Waals surface area contributed by atoms with Crippen LogP contribution in [0.25, 0.3) is 0 Å². The number of hydrogen-bond acceptors (Lipinski definition) is 0. The standard InChI is InChI=1S/C11H4Cl9/c12-7(6-4-2-1-3-5-6)8(13,14)10(17,18)11(19,20)9(7,15)16/h1-4H. The maximum absolute atomic E-state index is 6.55. The van der Waals surface area contributed by atoms with E-state index < -0.39 is 22.2 Å². The van der Waals surface area contributed by atoms with Gasteiger partial charge in [0.25, 0.3) is 0 Å². The highest BCUT2D eigenvalue weighted by Crippen LogP contribution is 2.79. The zero-order chi connectivity index (χ0) is 15.6. The Bertz CT molecular complexity index is 494. The van der Waals surface area contributed by atoms with Gasteiger partial charge in [-0.1, -0.05) is 117 Å². The normalized spacial score (nSPS) is 28.2. The Morgan fingerprint density at radius 2 is 1.10 bits per heavy atom. The summed E-state index contributed by atoms with van der Waals surface area (Å²) < 4.78 is -8.51. The smallest absolute Gasteiger partial charge is 0.107 e. The minimum atomic E-state index is -2.15. The van der Waals surface area contributed by atoms with Crippen molar-refractivity contribution in [3.63, 3.8) is 0 Å². The molecule has 9 heteroatoms. The Hall–Kier alpha value is 1.83. The fourth-order valence-electron chi connectivity index (χ4n) is 1.97. The topological polar surface area (TPSA) is 0 Å². The summed E-state index contributed by atoms with van der Waals surface area (Å²) in [6, 6.07) is 9.33. The molecule has 0 spiro atoms. The van der Waals surface area contributed by atoms with Gasteiger partial charge in [0, 0.05) is 0 Å². The summed E-state index contributed by atoms with van der Waals surface area (Å²) in [6.07, 6.45) is 0. The van der Waals surface area contributed by atoms with E-state index in [4.69, 9.17) is 104 Å². The van der Waals surface area contributed by atoms with Gasteiger partial charge < -0.3 is 0 Å².